The van der Waals surface area contributed by atoms with Crippen LogP contribution in [-0.4, -0.2) is 60.9 Å². The van der Waals surface area contributed by atoms with Crippen molar-refractivity contribution in [3.05, 3.63) is 83.1 Å². The molecule has 1 atom stereocenters. The topological polar surface area (TPSA) is 79.0 Å². The average Bonchev–Trinajstić information content (AvgIpc) is 2.92. The van der Waals surface area contributed by atoms with Crippen LogP contribution in [0.5, 0.6) is 0 Å². The number of allylic oxidation sites excluding steroid dienone is 1. The van der Waals surface area contributed by atoms with Crippen molar-refractivity contribution in [3.8, 4) is 0 Å². The number of hydrogen-bond acceptors (Lipinski definition) is 4. The van der Waals surface area contributed by atoms with Crippen molar-refractivity contribution in [2.24, 2.45) is 5.92 Å². The fraction of sp³-hybridized carbons (Fsp3) is 0.433. The van der Waals surface area contributed by atoms with E-state index < -0.39 is 5.92 Å². The van der Waals surface area contributed by atoms with Crippen LogP contribution >= 0.6 is 0 Å². The van der Waals surface area contributed by atoms with E-state index in [-0.39, 0.29) is 36.6 Å². The highest BCUT2D eigenvalue weighted by Crippen LogP contribution is 2.31. The second-order valence-electron chi connectivity index (χ2n) is 9.30. The van der Waals surface area contributed by atoms with Gasteiger partial charge in [-0.05, 0) is 44.7 Å². The molecule has 0 spiro atoms. The van der Waals surface area contributed by atoms with Crippen LogP contribution in [0.1, 0.15) is 57.2 Å². The quantitative estimate of drug-likeness (QED) is 0.436. The lowest BCUT2D eigenvalue weighted by atomic mass is 9.88. The molecule has 0 radical (unpaired) electrons. The molecule has 1 heterocycles. The van der Waals surface area contributed by atoms with E-state index in [1.54, 1.807) is 16.9 Å². The summed E-state index contributed by atoms with van der Waals surface area (Å²) >= 11 is 0. The van der Waals surface area contributed by atoms with Crippen LogP contribution in [0.4, 0.5) is 0 Å². The van der Waals surface area contributed by atoms with Crippen LogP contribution in [0.2, 0.25) is 0 Å². The molecule has 198 valence electrons. The molecular weight excluding hydrogens is 466 g/mol. The van der Waals surface area contributed by atoms with Gasteiger partial charge < -0.3 is 19.9 Å². The summed E-state index contributed by atoms with van der Waals surface area (Å²) in [7, 11) is 1.62. The molecular formula is C30H39N3O4. The standard InChI is InChI=1S/C30H39N3O4/c1-5-32(6-2)30(36)26-20-25(29(35)33(22(26)3)18-13-19-37-4)21-27(34)31-28(23-14-9-7-10-15-23)24-16-11-8-12-17-24/h7-12,14-17,25,28H,5-6,13,18-21H2,1-4H3,(H,31,34). The summed E-state index contributed by atoms with van der Waals surface area (Å²) in [4.78, 5) is 43.7. The number of hydrogen-bond donors (Lipinski definition) is 1. The number of rotatable bonds is 12. The highest BCUT2D eigenvalue weighted by molar-refractivity contribution is 5.98. The number of carbonyl (C=O) groups excluding carboxylic acids is 3. The molecule has 0 saturated carbocycles. The van der Waals surface area contributed by atoms with Gasteiger partial charge in [-0.1, -0.05) is 60.7 Å². The van der Waals surface area contributed by atoms with Crippen molar-refractivity contribution < 1.29 is 19.1 Å². The number of benzene rings is 2. The molecule has 3 amide bonds. The van der Waals surface area contributed by atoms with Gasteiger partial charge in [-0.2, -0.15) is 0 Å². The van der Waals surface area contributed by atoms with Gasteiger partial charge >= 0.3 is 0 Å². The summed E-state index contributed by atoms with van der Waals surface area (Å²) in [5.41, 5.74) is 3.22. The average molecular weight is 506 g/mol. The van der Waals surface area contributed by atoms with Crippen LogP contribution < -0.4 is 5.32 Å². The molecule has 1 aliphatic heterocycles. The molecule has 0 fully saturated rings. The molecule has 0 aliphatic carbocycles. The Balaban J connectivity index is 1.84. The van der Waals surface area contributed by atoms with Crippen molar-refractivity contribution in [3.63, 3.8) is 0 Å². The van der Waals surface area contributed by atoms with E-state index in [9.17, 15) is 14.4 Å². The van der Waals surface area contributed by atoms with Gasteiger partial charge in [0.15, 0.2) is 0 Å². The van der Waals surface area contributed by atoms with Crippen LogP contribution in [-0.2, 0) is 19.1 Å². The monoisotopic (exact) mass is 505 g/mol. The SMILES string of the molecule is CCN(CC)C(=O)C1=C(C)N(CCCOC)C(=O)C(CC(=O)NC(c2ccccc2)c2ccccc2)C1. The predicted octanol–water partition coefficient (Wildman–Crippen LogP) is 4.31. The minimum atomic E-state index is -0.604. The lowest BCUT2D eigenvalue weighted by Gasteiger charge is -2.36. The van der Waals surface area contributed by atoms with E-state index in [1.807, 2.05) is 81.4 Å². The van der Waals surface area contributed by atoms with Crippen molar-refractivity contribution in [1.82, 2.24) is 15.1 Å². The molecule has 37 heavy (non-hydrogen) atoms. The van der Waals surface area contributed by atoms with E-state index >= 15 is 0 Å². The summed E-state index contributed by atoms with van der Waals surface area (Å²) in [6.07, 6.45) is 0.920. The Morgan fingerprint density at radius 3 is 2.11 bits per heavy atom. The molecule has 7 nitrogen and oxygen atoms in total. The first kappa shape index (κ1) is 28.1. The minimum absolute atomic E-state index is 0.0120. The molecule has 2 aromatic carbocycles. The minimum Gasteiger partial charge on any atom is -0.385 e. The van der Waals surface area contributed by atoms with Crippen LogP contribution in [0.3, 0.4) is 0 Å². The second kappa shape index (κ2) is 13.7. The largest absolute Gasteiger partial charge is 0.385 e. The molecule has 1 N–H and O–H groups in total. The summed E-state index contributed by atoms with van der Waals surface area (Å²) in [6, 6.07) is 19.2. The maximum absolute atomic E-state index is 13.5. The number of amides is 3. The number of ether oxygens (including phenoxy) is 1. The molecule has 0 saturated heterocycles. The Kier molecular flexibility index (Phi) is 10.4. The molecule has 2 aromatic rings. The van der Waals surface area contributed by atoms with E-state index in [1.165, 1.54) is 0 Å². The fourth-order valence-electron chi connectivity index (χ4n) is 4.87. The number of likely N-dealkylation sites (N-methyl/N-ethyl adjacent to an activating group) is 1. The Hall–Kier alpha value is -3.45. The van der Waals surface area contributed by atoms with E-state index in [0.717, 1.165) is 11.1 Å². The first-order valence-corrected chi connectivity index (χ1v) is 13.1. The van der Waals surface area contributed by atoms with Gasteiger partial charge in [0.2, 0.25) is 11.8 Å². The normalized spacial score (nSPS) is 15.8. The van der Waals surface area contributed by atoms with Crippen molar-refractivity contribution >= 4 is 17.7 Å². The zero-order valence-electron chi connectivity index (χ0n) is 22.4. The third-order valence-electron chi connectivity index (χ3n) is 6.95. The second-order valence-corrected chi connectivity index (χ2v) is 9.30. The van der Waals surface area contributed by atoms with Gasteiger partial charge in [0.25, 0.3) is 5.91 Å². The van der Waals surface area contributed by atoms with E-state index in [2.05, 4.69) is 5.32 Å². The van der Waals surface area contributed by atoms with Crippen LogP contribution in [0.25, 0.3) is 0 Å². The highest BCUT2D eigenvalue weighted by Gasteiger charge is 2.37. The van der Waals surface area contributed by atoms with Gasteiger partial charge in [0.05, 0.1) is 12.0 Å². The Labute approximate surface area is 220 Å². The number of carbonyl (C=O) groups is 3. The Morgan fingerprint density at radius 2 is 1.59 bits per heavy atom. The fourth-order valence-corrected chi connectivity index (χ4v) is 4.87. The molecule has 1 unspecified atom stereocenters. The van der Waals surface area contributed by atoms with E-state index in [4.69, 9.17) is 4.74 Å². The summed E-state index contributed by atoms with van der Waals surface area (Å²) in [6.45, 7) is 7.85. The molecule has 0 bridgehead atoms. The van der Waals surface area contributed by atoms with Gasteiger partial charge in [-0.25, -0.2) is 0 Å². The molecule has 0 aromatic heterocycles. The number of nitrogens with zero attached hydrogens (tertiary/aromatic N) is 2. The predicted molar refractivity (Wildman–Crippen MR) is 144 cm³/mol. The maximum Gasteiger partial charge on any atom is 0.251 e. The smallest absolute Gasteiger partial charge is 0.251 e. The van der Waals surface area contributed by atoms with Gasteiger partial charge in [-0.3, -0.25) is 14.4 Å². The molecule has 7 heteroatoms. The highest BCUT2D eigenvalue weighted by atomic mass is 16.5. The zero-order valence-corrected chi connectivity index (χ0v) is 22.4. The van der Waals surface area contributed by atoms with Gasteiger partial charge in [-0.15, -0.1) is 0 Å². The van der Waals surface area contributed by atoms with Crippen LogP contribution in [0.15, 0.2) is 71.9 Å². The zero-order chi connectivity index (χ0) is 26.8. The lowest BCUT2D eigenvalue weighted by Crippen LogP contribution is -2.45. The van der Waals surface area contributed by atoms with E-state index in [0.29, 0.717) is 43.9 Å². The molecule has 3 rings (SSSR count). The first-order chi connectivity index (χ1) is 17.9. The van der Waals surface area contributed by atoms with Crippen molar-refractivity contribution in [1.29, 1.82) is 0 Å². The van der Waals surface area contributed by atoms with Crippen LogP contribution in [0, 0.1) is 5.92 Å². The summed E-state index contributed by atoms with van der Waals surface area (Å²) in [5, 5.41) is 3.14. The Morgan fingerprint density at radius 1 is 1.03 bits per heavy atom. The summed E-state index contributed by atoms with van der Waals surface area (Å²) in [5.74, 6) is -1.01. The third kappa shape index (κ3) is 7.07. The lowest BCUT2D eigenvalue weighted by molar-refractivity contribution is -0.139. The van der Waals surface area contributed by atoms with Gasteiger partial charge in [0.1, 0.15) is 0 Å². The number of methoxy groups -OCH3 is 1. The first-order valence-electron chi connectivity index (χ1n) is 13.1. The Bertz CT molecular complexity index is 1040. The van der Waals surface area contributed by atoms with Crippen molar-refractivity contribution in [2.45, 2.75) is 46.1 Å². The number of nitrogens with one attached hydrogen (secondary N) is 1. The molecule has 1 aliphatic rings. The van der Waals surface area contributed by atoms with Gasteiger partial charge in [0, 0.05) is 51.0 Å². The third-order valence-corrected chi connectivity index (χ3v) is 6.95. The summed E-state index contributed by atoms with van der Waals surface area (Å²) < 4.78 is 5.18. The van der Waals surface area contributed by atoms with Crippen molar-refractivity contribution in [2.75, 3.05) is 33.4 Å². The maximum atomic E-state index is 13.5.